The van der Waals surface area contributed by atoms with Crippen LogP contribution in [-0.4, -0.2) is 29.8 Å². The Morgan fingerprint density at radius 3 is 2.61 bits per heavy atom. The fraction of sp³-hybridized carbons (Fsp3) is 0.625. The maximum absolute atomic E-state index is 2.64. The summed E-state index contributed by atoms with van der Waals surface area (Å²) in [6.45, 7) is 11.7. The fourth-order valence-corrected chi connectivity index (χ4v) is 3.87. The van der Waals surface area contributed by atoms with Crippen LogP contribution in [0.15, 0.2) is 29.2 Å². The summed E-state index contributed by atoms with van der Waals surface area (Å²) in [5, 5.41) is 0. The van der Waals surface area contributed by atoms with E-state index in [1.807, 2.05) is 11.8 Å². The Kier molecular flexibility index (Phi) is 4.74. The number of thioether (sulfide) groups is 1. The summed E-state index contributed by atoms with van der Waals surface area (Å²) in [4.78, 5) is 4.13. The number of nitrogens with zero attached hydrogens (tertiary/aromatic N) is 1. The van der Waals surface area contributed by atoms with Gasteiger partial charge in [0.05, 0.1) is 0 Å². The molecular weight excluding hydrogens is 238 g/mol. The maximum atomic E-state index is 2.64. The third-order valence-electron chi connectivity index (χ3n) is 3.58. The molecule has 18 heavy (non-hydrogen) atoms. The van der Waals surface area contributed by atoms with Crippen LogP contribution in [0.3, 0.4) is 0 Å². The SMILES string of the molecule is CC(C)CN(CC1CSc2ccccc21)C(C)C. The molecule has 0 aliphatic carbocycles. The van der Waals surface area contributed by atoms with Crippen LogP contribution in [-0.2, 0) is 0 Å². The first kappa shape index (κ1) is 14.0. The van der Waals surface area contributed by atoms with Crippen molar-refractivity contribution in [2.45, 2.75) is 44.6 Å². The van der Waals surface area contributed by atoms with E-state index >= 15 is 0 Å². The minimum absolute atomic E-state index is 0.644. The molecule has 0 bridgehead atoms. The molecule has 1 atom stereocenters. The van der Waals surface area contributed by atoms with Crippen molar-refractivity contribution < 1.29 is 0 Å². The molecule has 1 aromatic carbocycles. The average molecular weight is 263 g/mol. The molecule has 0 aromatic heterocycles. The van der Waals surface area contributed by atoms with Crippen molar-refractivity contribution in [1.82, 2.24) is 4.90 Å². The van der Waals surface area contributed by atoms with Gasteiger partial charge in [-0.25, -0.2) is 0 Å². The quantitative estimate of drug-likeness (QED) is 0.781. The average Bonchev–Trinajstić information content (AvgIpc) is 2.71. The van der Waals surface area contributed by atoms with Gasteiger partial charge >= 0.3 is 0 Å². The van der Waals surface area contributed by atoms with Crippen molar-refractivity contribution >= 4 is 11.8 Å². The first-order valence-corrected chi connectivity index (χ1v) is 8.02. The van der Waals surface area contributed by atoms with E-state index in [0.29, 0.717) is 12.0 Å². The Labute approximate surface area is 116 Å². The summed E-state index contributed by atoms with van der Waals surface area (Å²) in [6.07, 6.45) is 0. The zero-order valence-corrected chi connectivity index (χ0v) is 12.8. The molecular formula is C16H25NS. The van der Waals surface area contributed by atoms with Crippen molar-refractivity contribution in [3.05, 3.63) is 29.8 Å². The van der Waals surface area contributed by atoms with Crippen molar-refractivity contribution in [2.24, 2.45) is 5.92 Å². The number of hydrogen-bond acceptors (Lipinski definition) is 2. The van der Waals surface area contributed by atoms with E-state index < -0.39 is 0 Å². The van der Waals surface area contributed by atoms with Gasteiger partial charge in [0.25, 0.3) is 0 Å². The van der Waals surface area contributed by atoms with Crippen LogP contribution in [0.1, 0.15) is 39.2 Å². The second-order valence-corrected chi connectivity index (χ2v) is 7.05. The maximum Gasteiger partial charge on any atom is 0.0108 e. The molecule has 1 nitrogen and oxygen atoms in total. The van der Waals surface area contributed by atoms with Crippen LogP contribution in [0.4, 0.5) is 0 Å². The molecule has 1 heterocycles. The zero-order valence-electron chi connectivity index (χ0n) is 12.0. The largest absolute Gasteiger partial charge is 0.300 e. The van der Waals surface area contributed by atoms with Gasteiger partial charge in [-0.1, -0.05) is 32.0 Å². The zero-order chi connectivity index (χ0) is 13.1. The Morgan fingerprint density at radius 2 is 1.94 bits per heavy atom. The third-order valence-corrected chi connectivity index (χ3v) is 4.84. The molecule has 2 rings (SSSR count). The van der Waals surface area contributed by atoms with Gasteiger partial charge in [-0.2, -0.15) is 0 Å². The molecule has 0 radical (unpaired) electrons. The molecule has 0 saturated carbocycles. The highest BCUT2D eigenvalue weighted by Gasteiger charge is 2.25. The lowest BCUT2D eigenvalue weighted by atomic mass is 9.99. The van der Waals surface area contributed by atoms with E-state index in [4.69, 9.17) is 0 Å². The Balaban J connectivity index is 2.05. The minimum atomic E-state index is 0.644. The van der Waals surface area contributed by atoms with Gasteiger partial charge in [-0.05, 0) is 31.4 Å². The van der Waals surface area contributed by atoms with Gasteiger partial charge in [-0.15, -0.1) is 11.8 Å². The summed E-state index contributed by atoms with van der Waals surface area (Å²) < 4.78 is 0. The molecule has 0 fully saturated rings. The van der Waals surface area contributed by atoms with E-state index in [-0.39, 0.29) is 0 Å². The predicted octanol–water partition coefficient (Wildman–Crippen LogP) is 4.24. The third kappa shape index (κ3) is 3.30. The molecule has 1 aromatic rings. The second kappa shape index (κ2) is 6.12. The van der Waals surface area contributed by atoms with Gasteiger partial charge in [0.2, 0.25) is 0 Å². The Bertz CT molecular complexity index is 386. The van der Waals surface area contributed by atoms with Crippen LogP contribution < -0.4 is 0 Å². The van der Waals surface area contributed by atoms with E-state index in [2.05, 4.69) is 56.9 Å². The molecule has 2 heteroatoms. The highest BCUT2D eigenvalue weighted by atomic mass is 32.2. The lowest BCUT2D eigenvalue weighted by Crippen LogP contribution is -2.37. The predicted molar refractivity (Wildman–Crippen MR) is 81.5 cm³/mol. The second-order valence-electron chi connectivity index (χ2n) is 5.99. The topological polar surface area (TPSA) is 3.24 Å². The molecule has 0 amide bonds. The van der Waals surface area contributed by atoms with Crippen LogP contribution in [0.2, 0.25) is 0 Å². The van der Waals surface area contributed by atoms with E-state index in [1.165, 1.54) is 23.7 Å². The van der Waals surface area contributed by atoms with Crippen LogP contribution in [0.25, 0.3) is 0 Å². The van der Waals surface area contributed by atoms with Crippen molar-refractivity contribution in [3.8, 4) is 0 Å². The van der Waals surface area contributed by atoms with Gasteiger partial charge < -0.3 is 4.90 Å². The monoisotopic (exact) mass is 263 g/mol. The Morgan fingerprint density at radius 1 is 1.22 bits per heavy atom. The van der Waals surface area contributed by atoms with Gasteiger partial charge in [0.1, 0.15) is 0 Å². The van der Waals surface area contributed by atoms with E-state index in [1.54, 1.807) is 5.56 Å². The minimum Gasteiger partial charge on any atom is -0.300 e. The van der Waals surface area contributed by atoms with Crippen molar-refractivity contribution in [2.75, 3.05) is 18.8 Å². The highest BCUT2D eigenvalue weighted by molar-refractivity contribution is 7.99. The fourth-order valence-electron chi connectivity index (χ4n) is 2.63. The molecule has 1 unspecified atom stereocenters. The van der Waals surface area contributed by atoms with Crippen molar-refractivity contribution in [1.29, 1.82) is 0 Å². The molecule has 0 N–H and O–H groups in total. The van der Waals surface area contributed by atoms with E-state index in [9.17, 15) is 0 Å². The summed E-state index contributed by atoms with van der Waals surface area (Å²) in [5.41, 5.74) is 1.57. The first-order chi connectivity index (χ1) is 8.58. The van der Waals surface area contributed by atoms with Crippen LogP contribution in [0, 0.1) is 5.92 Å². The lowest BCUT2D eigenvalue weighted by molar-refractivity contribution is 0.189. The van der Waals surface area contributed by atoms with Crippen molar-refractivity contribution in [3.63, 3.8) is 0 Å². The normalized spacial score (nSPS) is 18.9. The number of hydrogen-bond donors (Lipinski definition) is 0. The molecule has 0 saturated heterocycles. The molecule has 100 valence electrons. The summed E-state index contributed by atoms with van der Waals surface area (Å²) in [6, 6.07) is 9.56. The van der Waals surface area contributed by atoms with Crippen LogP contribution >= 0.6 is 11.8 Å². The summed E-state index contributed by atoms with van der Waals surface area (Å²) >= 11 is 2.02. The Hall–Kier alpha value is -0.470. The molecule has 1 aliphatic heterocycles. The molecule has 0 spiro atoms. The van der Waals surface area contributed by atoms with Gasteiger partial charge in [-0.3, -0.25) is 0 Å². The standard InChI is InChI=1S/C16H25NS/c1-12(2)9-17(13(3)4)10-14-11-18-16-8-6-5-7-15(14)16/h5-8,12-14H,9-11H2,1-4H3. The smallest absolute Gasteiger partial charge is 0.0108 e. The van der Waals surface area contributed by atoms with Gasteiger partial charge in [0.15, 0.2) is 0 Å². The number of rotatable bonds is 5. The van der Waals surface area contributed by atoms with Crippen LogP contribution in [0.5, 0.6) is 0 Å². The van der Waals surface area contributed by atoms with Gasteiger partial charge in [0, 0.05) is 35.7 Å². The summed E-state index contributed by atoms with van der Waals surface area (Å²) in [5.74, 6) is 2.71. The number of benzene rings is 1. The van der Waals surface area contributed by atoms with E-state index in [0.717, 1.165) is 5.92 Å². The summed E-state index contributed by atoms with van der Waals surface area (Å²) in [7, 11) is 0. The lowest BCUT2D eigenvalue weighted by Gasteiger charge is -2.30. The highest BCUT2D eigenvalue weighted by Crippen LogP contribution is 2.39. The molecule has 1 aliphatic rings. The first-order valence-electron chi connectivity index (χ1n) is 7.03. The number of fused-ring (bicyclic) bond motifs is 1.